The predicted molar refractivity (Wildman–Crippen MR) is 76.1 cm³/mol. The quantitative estimate of drug-likeness (QED) is 0.923. The summed E-state index contributed by atoms with van der Waals surface area (Å²) in [5.74, 6) is 0. The zero-order valence-electron chi connectivity index (χ0n) is 13.1. The first-order valence-electron chi connectivity index (χ1n) is 7.09. The highest BCUT2D eigenvalue weighted by Crippen LogP contribution is 2.28. The molecule has 5 nitrogen and oxygen atoms in total. The van der Waals surface area contributed by atoms with Gasteiger partial charge in [0.05, 0.1) is 11.9 Å². The van der Waals surface area contributed by atoms with E-state index in [1.54, 1.807) is 17.8 Å². The summed E-state index contributed by atoms with van der Waals surface area (Å²) in [5, 5.41) is 11.0. The molecule has 0 spiro atoms. The first-order valence-corrected chi connectivity index (χ1v) is 7.09. The zero-order valence-corrected chi connectivity index (χ0v) is 13.1. The molecule has 0 aliphatic heterocycles. The van der Waals surface area contributed by atoms with E-state index in [0.717, 1.165) is 17.3 Å². The lowest BCUT2D eigenvalue weighted by atomic mass is 10.1. The Morgan fingerprint density at radius 3 is 2.55 bits per heavy atom. The van der Waals surface area contributed by atoms with Crippen molar-refractivity contribution in [3.05, 3.63) is 34.9 Å². The summed E-state index contributed by atoms with van der Waals surface area (Å²) in [6, 6.07) is 1.09. The summed E-state index contributed by atoms with van der Waals surface area (Å²) in [6.07, 6.45) is -2.65. The highest BCUT2D eigenvalue weighted by Gasteiger charge is 2.34. The van der Waals surface area contributed by atoms with Crippen LogP contribution in [0.2, 0.25) is 0 Å². The number of nitrogens with one attached hydrogen (secondary N) is 1. The summed E-state index contributed by atoms with van der Waals surface area (Å²) in [7, 11) is 1.85. The second-order valence-electron chi connectivity index (χ2n) is 5.25. The Morgan fingerprint density at radius 2 is 2.05 bits per heavy atom. The normalized spacial score (nSPS) is 13.6. The lowest BCUT2D eigenvalue weighted by Gasteiger charge is -2.14. The second kappa shape index (κ2) is 6.12. The molecule has 2 aromatic rings. The Morgan fingerprint density at radius 1 is 1.36 bits per heavy atom. The first-order chi connectivity index (χ1) is 10.2. The summed E-state index contributed by atoms with van der Waals surface area (Å²) in [4.78, 5) is 0. The number of hydrogen-bond donors (Lipinski definition) is 1. The van der Waals surface area contributed by atoms with E-state index in [2.05, 4.69) is 15.5 Å². The van der Waals surface area contributed by atoms with Crippen LogP contribution < -0.4 is 5.32 Å². The number of aromatic nitrogens is 4. The molecular weight excluding hydrogens is 295 g/mol. The molecule has 1 N–H and O–H groups in total. The summed E-state index contributed by atoms with van der Waals surface area (Å²) >= 11 is 0. The molecule has 2 rings (SSSR count). The summed E-state index contributed by atoms with van der Waals surface area (Å²) < 4.78 is 41.3. The van der Waals surface area contributed by atoms with Crippen molar-refractivity contribution in [2.75, 3.05) is 0 Å². The van der Waals surface area contributed by atoms with Crippen molar-refractivity contribution in [1.82, 2.24) is 24.9 Å². The van der Waals surface area contributed by atoms with E-state index in [1.165, 1.54) is 4.68 Å². The van der Waals surface area contributed by atoms with Crippen LogP contribution in [0.4, 0.5) is 13.2 Å². The lowest BCUT2D eigenvalue weighted by Crippen LogP contribution is -2.20. The number of alkyl halides is 3. The van der Waals surface area contributed by atoms with Crippen LogP contribution in [0.15, 0.2) is 12.3 Å². The van der Waals surface area contributed by atoms with Gasteiger partial charge < -0.3 is 5.32 Å². The second-order valence-corrected chi connectivity index (χ2v) is 5.25. The van der Waals surface area contributed by atoms with Gasteiger partial charge >= 0.3 is 6.18 Å². The smallest absolute Gasteiger partial charge is 0.304 e. The van der Waals surface area contributed by atoms with Crippen molar-refractivity contribution in [3.8, 4) is 0 Å². The molecule has 0 saturated carbocycles. The number of halogens is 3. The van der Waals surface area contributed by atoms with Gasteiger partial charge in [-0.1, -0.05) is 0 Å². The maximum absolute atomic E-state index is 12.7. The Hall–Kier alpha value is -1.83. The largest absolute Gasteiger partial charge is 0.435 e. The summed E-state index contributed by atoms with van der Waals surface area (Å²) in [6.45, 7) is 6.39. The minimum absolute atomic E-state index is 0.0109. The number of hydrogen-bond acceptors (Lipinski definition) is 3. The fourth-order valence-corrected chi connectivity index (χ4v) is 2.32. The van der Waals surface area contributed by atoms with Crippen molar-refractivity contribution in [2.45, 2.75) is 46.1 Å². The standard InChI is InChI=1S/C14H20F3N5/c1-5-22-11(6-13(20-22)14(15,16)17)7-18-9(2)12-8-19-21(4)10(12)3/h6,8-9,18H,5,7H2,1-4H3. The molecule has 0 aliphatic carbocycles. The Balaban J connectivity index is 2.11. The topological polar surface area (TPSA) is 47.7 Å². The Kier molecular flexibility index (Phi) is 4.60. The first kappa shape index (κ1) is 16.5. The van der Waals surface area contributed by atoms with Crippen LogP contribution in [0.5, 0.6) is 0 Å². The van der Waals surface area contributed by atoms with E-state index < -0.39 is 11.9 Å². The van der Waals surface area contributed by atoms with E-state index in [1.807, 2.05) is 20.9 Å². The van der Waals surface area contributed by atoms with Crippen molar-refractivity contribution in [2.24, 2.45) is 7.05 Å². The van der Waals surface area contributed by atoms with Crippen LogP contribution in [0, 0.1) is 6.92 Å². The third-order valence-corrected chi connectivity index (χ3v) is 3.78. The van der Waals surface area contributed by atoms with Crippen LogP contribution in [0.3, 0.4) is 0 Å². The van der Waals surface area contributed by atoms with Gasteiger partial charge in [0.1, 0.15) is 0 Å². The average molecular weight is 315 g/mol. The molecule has 8 heteroatoms. The van der Waals surface area contributed by atoms with E-state index in [4.69, 9.17) is 0 Å². The van der Waals surface area contributed by atoms with Gasteiger partial charge in [0.15, 0.2) is 5.69 Å². The molecule has 0 amide bonds. The van der Waals surface area contributed by atoms with Crippen molar-refractivity contribution in [3.63, 3.8) is 0 Å². The lowest BCUT2D eigenvalue weighted by molar-refractivity contribution is -0.141. The van der Waals surface area contributed by atoms with Crippen LogP contribution in [0.25, 0.3) is 0 Å². The van der Waals surface area contributed by atoms with Gasteiger partial charge in [-0.05, 0) is 26.8 Å². The third-order valence-electron chi connectivity index (χ3n) is 3.78. The number of aryl methyl sites for hydroxylation is 2. The van der Waals surface area contributed by atoms with Gasteiger partial charge in [-0.2, -0.15) is 23.4 Å². The van der Waals surface area contributed by atoms with Crippen molar-refractivity contribution >= 4 is 0 Å². The van der Waals surface area contributed by atoms with E-state index in [9.17, 15) is 13.2 Å². The van der Waals surface area contributed by atoms with Crippen molar-refractivity contribution < 1.29 is 13.2 Å². The highest BCUT2D eigenvalue weighted by atomic mass is 19.4. The maximum atomic E-state index is 12.7. The molecule has 0 fully saturated rings. The Labute approximate surface area is 127 Å². The molecule has 0 bridgehead atoms. The maximum Gasteiger partial charge on any atom is 0.435 e. The fourth-order valence-electron chi connectivity index (χ4n) is 2.32. The molecule has 0 radical (unpaired) electrons. The third kappa shape index (κ3) is 3.32. The van der Waals surface area contributed by atoms with Gasteiger partial charge in [-0.25, -0.2) is 0 Å². The molecule has 1 unspecified atom stereocenters. The molecule has 0 saturated heterocycles. The van der Waals surface area contributed by atoms with Crippen molar-refractivity contribution in [1.29, 1.82) is 0 Å². The minimum atomic E-state index is -4.42. The van der Waals surface area contributed by atoms with Crippen LogP contribution >= 0.6 is 0 Å². The molecule has 0 aliphatic rings. The SMILES string of the molecule is CCn1nc(C(F)(F)F)cc1CNC(C)c1cnn(C)c1C. The molecule has 0 aromatic carbocycles. The van der Waals surface area contributed by atoms with E-state index in [0.29, 0.717) is 18.8 Å². The zero-order chi connectivity index (χ0) is 16.5. The van der Waals surface area contributed by atoms with Crippen LogP contribution in [0.1, 0.15) is 42.5 Å². The highest BCUT2D eigenvalue weighted by molar-refractivity contribution is 5.20. The van der Waals surface area contributed by atoms with Gasteiger partial charge in [0, 0.05) is 37.4 Å². The van der Waals surface area contributed by atoms with Gasteiger partial charge in [-0.3, -0.25) is 9.36 Å². The molecule has 2 aromatic heterocycles. The molecule has 122 valence electrons. The summed E-state index contributed by atoms with van der Waals surface area (Å²) in [5.41, 5.74) is 1.72. The Bertz CT molecular complexity index is 641. The molecule has 2 heterocycles. The van der Waals surface area contributed by atoms with Gasteiger partial charge in [0.2, 0.25) is 0 Å². The van der Waals surface area contributed by atoms with Crippen LogP contribution in [-0.2, 0) is 26.3 Å². The van der Waals surface area contributed by atoms with E-state index >= 15 is 0 Å². The van der Waals surface area contributed by atoms with E-state index in [-0.39, 0.29) is 6.04 Å². The van der Waals surface area contributed by atoms with Gasteiger partial charge in [0.25, 0.3) is 0 Å². The average Bonchev–Trinajstić information content (AvgIpc) is 3.00. The predicted octanol–water partition coefficient (Wildman–Crippen LogP) is 2.81. The van der Waals surface area contributed by atoms with Gasteiger partial charge in [-0.15, -0.1) is 0 Å². The number of nitrogens with zero attached hydrogens (tertiary/aromatic N) is 4. The molecular formula is C14H20F3N5. The minimum Gasteiger partial charge on any atom is -0.304 e. The monoisotopic (exact) mass is 315 g/mol. The fraction of sp³-hybridized carbons (Fsp3) is 0.571. The van der Waals surface area contributed by atoms with Crippen LogP contribution in [-0.4, -0.2) is 19.6 Å². The molecule has 22 heavy (non-hydrogen) atoms. The molecule has 1 atom stereocenters. The number of rotatable bonds is 5.